The van der Waals surface area contributed by atoms with Gasteiger partial charge in [0.15, 0.2) is 0 Å². The number of fused-ring (bicyclic) bond motifs is 3. The summed E-state index contributed by atoms with van der Waals surface area (Å²) in [7, 11) is 0. The Labute approximate surface area is 168 Å². The summed E-state index contributed by atoms with van der Waals surface area (Å²) in [6, 6.07) is 20.2. The predicted octanol–water partition coefficient (Wildman–Crippen LogP) is 5.80. The molecule has 3 heterocycles. The lowest BCUT2D eigenvalue weighted by Gasteiger charge is -2.18. The van der Waals surface area contributed by atoms with Crippen molar-refractivity contribution in [3.05, 3.63) is 72.4 Å². The molecule has 2 aromatic carbocycles. The van der Waals surface area contributed by atoms with Crippen molar-refractivity contribution in [2.75, 3.05) is 0 Å². The molecule has 5 aromatic rings. The first kappa shape index (κ1) is 17.5. The van der Waals surface area contributed by atoms with Crippen molar-refractivity contribution in [1.29, 1.82) is 0 Å². The standard InChI is InChI=1S/C24H20N4O/c1-24(2,3)18-11-8-17(9-12-18)22-27-28-23(29-22)19-13-10-16-7-6-15-5-4-14-25-20(15)21(16)26-19/h4-14H,1-3H3. The summed E-state index contributed by atoms with van der Waals surface area (Å²) in [6.07, 6.45) is 1.78. The van der Waals surface area contributed by atoms with Crippen LogP contribution in [0.1, 0.15) is 26.3 Å². The summed E-state index contributed by atoms with van der Waals surface area (Å²) in [5, 5.41) is 10.5. The van der Waals surface area contributed by atoms with E-state index in [0.29, 0.717) is 17.5 Å². The Morgan fingerprint density at radius 2 is 1.41 bits per heavy atom. The van der Waals surface area contributed by atoms with Crippen molar-refractivity contribution in [2.24, 2.45) is 0 Å². The molecule has 0 unspecified atom stereocenters. The number of rotatable bonds is 2. The molecule has 0 atom stereocenters. The van der Waals surface area contributed by atoms with E-state index in [0.717, 1.165) is 27.4 Å². The van der Waals surface area contributed by atoms with Crippen molar-refractivity contribution in [3.63, 3.8) is 0 Å². The summed E-state index contributed by atoms with van der Waals surface area (Å²) >= 11 is 0. The summed E-state index contributed by atoms with van der Waals surface area (Å²) in [6.45, 7) is 6.57. The highest BCUT2D eigenvalue weighted by atomic mass is 16.4. The fourth-order valence-corrected chi connectivity index (χ4v) is 3.40. The van der Waals surface area contributed by atoms with Gasteiger partial charge in [-0.05, 0) is 35.2 Å². The second kappa shape index (κ2) is 6.48. The maximum atomic E-state index is 5.94. The molecule has 0 saturated heterocycles. The van der Waals surface area contributed by atoms with Crippen LogP contribution in [0.15, 0.2) is 71.3 Å². The Kier molecular flexibility index (Phi) is 3.91. The van der Waals surface area contributed by atoms with Crippen LogP contribution >= 0.6 is 0 Å². The van der Waals surface area contributed by atoms with Crippen LogP contribution in [0.25, 0.3) is 44.8 Å². The van der Waals surface area contributed by atoms with Gasteiger partial charge in [-0.25, -0.2) is 4.98 Å². The minimum Gasteiger partial charge on any atom is -0.415 e. The maximum absolute atomic E-state index is 5.94. The van der Waals surface area contributed by atoms with Gasteiger partial charge in [-0.1, -0.05) is 57.2 Å². The molecule has 0 radical (unpaired) electrons. The van der Waals surface area contributed by atoms with Crippen LogP contribution in [0.5, 0.6) is 0 Å². The second-order valence-electron chi connectivity index (χ2n) is 8.15. The Morgan fingerprint density at radius 3 is 2.17 bits per heavy atom. The van der Waals surface area contributed by atoms with Crippen LogP contribution in [0.3, 0.4) is 0 Å². The van der Waals surface area contributed by atoms with Gasteiger partial charge in [0.1, 0.15) is 5.69 Å². The van der Waals surface area contributed by atoms with Crippen LogP contribution in [-0.4, -0.2) is 20.2 Å². The van der Waals surface area contributed by atoms with Crippen molar-refractivity contribution >= 4 is 21.8 Å². The summed E-state index contributed by atoms with van der Waals surface area (Å²) in [4.78, 5) is 9.26. The number of pyridine rings is 2. The van der Waals surface area contributed by atoms with Crippen molar-refractivity contribution in [1.82, 2.24) is 20.2 Å². The van der Waals surface area contributed by atoms with E-state index < -0.39 is 0 Å². The molecular weight excluding hydrogens is 360 g/mol. The highest BCUT2D eigenvalue weighted by Crippen LogP contribution is 2.29. The Balaban J connectivity index is 1.55. The maximum Gasteiger partial charge on any atom is 0.266 e. The average molecular weight is 380 g/mol. The van der Waals surface area contributed by atoms with E-state index >= 15 is 0 Å². The van der Waals surface area contributed by atoms with E-state index in [1.165, 1.54) is 5.56 Å². The fourth-order valence-electron chi connectivity index (χ4n) is 3.40. The van der Waals surface area contributed by atoms with E-state index in [-0.39, 0.29) is 5.41 Å². The lowest BCUT2D eigenvalue weighted by atomic mass is 9.87. The average Bonchev–Trinajstić information content (AvgIpc) is 3.23. The molecule has 5 heteroatoms. The second-order valence-corrected chi connectivity index (χ2v) is 8.15. The quantitative estimate of drug-likeness (QED) is 0.362. The fraction of sp³-hybridized carbons (Fsp3) is 0.167. The Hall–Kier alpha value is -3.60. The first-order valence-electron chi connectivity index (χ1n) is 9.58. The summed E-state index contributed by atoms with van der Waals surface area (Å²) in [5.41, 5.74) is 4.59. The van der Waals surface area contributed by atoms with Crippen LogP contribution in [-0.2, 0) is 5.41 Å². The zero-order chi connectivity index (χ0) is 20.0. The summed E-state index contributed by atoms with van der Waals surface area (Å²) < 4.78 is 5.94. The van der Waals surface area contributed by atoms with E-state index in [4.69, 9.17) is 9.40 Å². The highest BCUT2D eigenvalue weighted by molar-refractivity contribution is 6.03. The number of hydrogen-bond donors (Lipinski definition) is 0. The van der Waals surface area contributed by atoms with E-state index in [1.807, 2.05) is 42.5 Å². The lowest BCUT2D eigenvalue weighted by Crippen LogP contribution is -2.10. The number of benzene rings is 2. The van der Waals surface area contributed by atoms with Crippen molar-refractivity contribution in [2.45, 2.75) is 26.2 Å². The third kappa shape index (κ3) is 3.14. The van der Waals surface area contributed by atoms with Crippen LogP contribution in [0, 0.1) is 0 Å². The first-order chi connectivity index (χ1) is 14.0. The molecule has 5 rings (SSSR count). The monoisotopic (exact) mass is 380 g/mol. The summed E-state index contributed by atoms with van der Waals surface area (Å²) in [5.74, 6) is 0.883. The topological polar surface area (TPSA) is 64.7 Å². The van der Waals surface area contributed by atoms with Gasteiger partial charge in [0.2, 0.25) is 5.89 Å². The molecule has 0 N–H and O–H groups in total. The van der Waals surface area contributed by atoms with Gasteiger partial charge in [-0.15, -0.1) is 10.2 Å². The molecule has 0 spiro atoms. The molecule has 0 aliphatic rings. The van der Waals surface area contributed by atoms with Gasteiger partial charge in [0.05, 0.1) is 11.0 Å². The van der Waals surface area contributed by atoms with Gasteiger partial charge in [-0.2, -0.15) is 0 Å². The first-order valence-corrected chi connectivity index (χ1v) is 9.58. The predicted molar refractivity (Wildman–Crippen MR) is 114 cm³/mol. The van der Waals surface area contributed by atoms with Crippen molar-refractivity contribution in [3.8, 4) is 23.0 Å². The molecule has 0 aliphatic heterocycles. The highest BCUT2D eigenvalue weighted by Gasteiger charge is 2.16. The minimum absolute atomic E-state index is 0.102. The van der Waals surface area contributed by atoms with E-state index in [9.17, 15) is 0 Å². The Bertz CT molecular complexity index is 1330. The van der Waals surface area contributed by atoms with Gasteiger partial charge in [0.25, 0.3) is 5.89 Å². The Morgan fingerprint density at radius 1 is 0.724 bits per heavy atom. The lowest BCUT2D eigenvalue weighted by molar-refractivity contribution is 0.580. The molecule has 0 amide bonds. The van der Waals surface area contributed by atoms with Crippen LogP contribution in [0.2, 0.25) is 0 Å². The normalized spacial score (nSPS) is 12.0. The zero-order valence-electron chi connectivity index (χ0n) is 16.5. The van der Waals surface area contributed by atoms with E-state index in [1.54, 1.807) is 6.20 Å². The molecule has 0 saturated carbocycles. The van der Waals surface area contributed by atoms with Gasteiger partial charge >= 0.3 is 0 Å². The molecule has 142 valence electrons. The van der Waals surface area contributed by atoms with Gasteiger partial charge in [-0.3, -0.25) is 4.98 Å². The third-order valence-corrected chi connectivity index (χ3v) is 5.07. The minimum atomic E-state index is 0.102. The number of hydrogen-bond acceptors (Lipinski definition) is 5. The molecule has 3 aromatic heterocycles. The molecule has 29 heavy (non-hydrogen) atoms. The smallest absolute Gasteiger partial charge is 0.266 e. The van der Waals surface area contributed by atoms with Gasteiger partial charge in [0, 0.05) is 22.5 Å². The van der Waals surface area contributed by atoms with Crippen LogP contribution < -0.4 is 0 Å². The molecule has 5 nitrogen and oxygen atoms in total. The number of nitrogens with zero attached hydrogens (tertiary/aromatic N) is 4. The molecule has 0 aliphatic carbocycles. The molecular formula is C24H20N4O. The number of aromatic nitrogens is 4. The van der Waals surface area contributed by atoms with Crippen molar-refractivity contribution < 1.29 is 4.42 Å². The third-order valence-electron chi connectivity index (χ3n) is 5.07. The SMILES string of the molecule is CC(C)(C)c1ccc(-c2nnc(-c3ccc4ccc5cccnc5c4n3)o2)cc1. The molecule has 0 bridgehead atoms. The van der Waals surface area contributed by atoms with E-state index in [2.05, 4.69) is 54.2 Å². The van der Waals surface area contributed by atoms with Crippen LogP contribution in [0.4, 0.5) is 0 Å². The zero-order valence-corrected chi connectivity index (χ0v) is 16.5. The molecule has 0 fully saturated rings. The van der Waals surface area contributed by atoms with Gasteiger partial charge < -0.3 is 4.42 Å². The largest absolute Gasteiger partial charge is 0.415 e.